The molecule has 0 N–H and O–H groups in total. The Balaban J connectivity index is 1.24. The Labute approximate surface area is 254 Å². The van der Waals surface area contributed by atoms with E-state index in [1.165, 1.54) is 0 Å². The SMILES string of the molecule is c1ccc(-c2nc(-c3cccc(-c4ccc5ccccc5n4)c3)nc(-c3cccc(-c4ccc5ccccc5n4)c3)n2)cc1. The minimum absolute atomic E-state index is 0.603. The number of hydrogen-bond donors (Lipinski definition) is 0. The first-order chi connectivity index (χ1) is 21.8. The molecule has 8 aromatic rings. The van der Waals surface area contributed by atoms with Gasteiger partial charge in [-0.25, -0.2) is 24.9 Å². The molecule has 8 rings (SSSR count). The number of nitrogens with zero attached hydrogens (tertiary/aromatic N) is 5. The number of fused-ring (bicyclic) bond motifs is 2. The van der Waals surface area contributed by atoms with Crippen LogP contribution in [0.4, 0.5) is 0 Å². The van der Waals surface area contributed by atoms with Crippen molar-refractivity contribution < 1.29 is 0 Å². The normalized spacial score (nSPS) is 11.2. The van der Waals surface area contributed by atoms with Crippen LogP contribution in [-0.2, 0) is 0 Å². The second kappa shape index (κ2) is 11.0. The molecule has 5 heteroatoms. The van der Waals surface area contributed by atoms with Crippen LogP contribution in [0.5, 0.6) is 0 Å². The van der Waals surface area contributed by atoms with Gasteiger partial charge in [0.05, 0.1) is 22.4 Å². The van der Waals surface area contributed by atoms with E-state index in [0.717, 1.165) is 61.0 Å². The zero-order valence-electron chi connectivity index (χ0n) is 23.7. The molecule has 44 heavy (non-hydrogen) atoms. The van der Waals surface area contributed by atoms with Gasteiger partial charge in [-0.05, 0) is 36.4 Å². The third-order valence-corrected chi connectivity index (χ3v) is 7.70. The maximum absolute atomic E-state index is 5.01. The van der Waals surface area contributed by atoms with E-state index in [-0.39, 0.29) is 0 Å². The molecule has 206 valence electrons. The van der Waals surface area contributed by atoms with Crippen LogP contribution in [0.2, 0.25) is 0 Å². The molecular formula is C39H25N5. The van der Waals surface area contributed by atoms with Gasteiger partial charge in [0.2, 0.25) is 0 Å². The summed E-state index contributed by atoms with van der Waals surface area (Å²) in [6.07, 6.45) is 0. The maximum Gasteiger partial charge on any atom is 0.164 e. The molecule has 0 spiro atoms. The number of pyridine rings is 2. The number of benzene rings is 5. The Morgan fingerprint density at radius 2 is 0.682 bits per heavy atom. The van der Waals surface area contributed by atoms with Gasteiger partial charge in [0, 0.05) is 38.6 Å². The van der Waals surface area contributed by atoms with Crippen LogP contribution in [0, 0.1) is 0 Å². The summed E-state index contributed by atoms with van der Waals surface area (Å²) in [6, 6.07) is 51.1. The Kier molecular flexibility index (Phi) is 6.39. The van der Waals surface area contributed by atoms with Crippen molar-refractivity contribution in [2.45, 2.75) is 0 Å². The van der Waals surface area contributed by atoms with Crippen LogP contribution in [0.1, 0.15) is 0 Å². The highest BCUT2D eigenvalue weighted by Crippen LogP contribution is 2.30. The molecule has 0 atom stereocenters. The van der Waals surface area contributed by atoms with Crippen molar-refractivity contribution in [3.63, 3.8) is 0 Å². The van der Waals surface area contributed by atoms with Crippen molar-refractivity contribution in [1.82, 2.24) is 24.9 Å². The molecule has 0 saturated carbocycles. The summed E-state index contributed by atoms with van der Waals surface area (Å²) >= 11 is 0. The highest BCUT2D eigenvalue weighted by molar-refractivity contribution is 5.83. The molecule has 0 fully saturated rings. The van der Waals surface area contributed by atoms with Crippen molar-refractivity contribution in [3.8, 4) is 56.7 Å². The fourth-order valence-electron chi connectivity index (χ4n) is 5.44. The van der Waals surface area contributed by atoms with Crippen LogP contribution in [0.3, 0.4) is 0 Å². The third-order valence-electron chi connectivity index (χ3n) is 7.70. The van der Waals surface area contributed by atoms with E-state index in [4.69, 9.17) is 24.9 Å². The standard InChI is InChI=1S/C39H25N5/c1-2-12-28(13-3-1)37-42-38(31-16-8-14-29(24-31)35-22-20-26-10-4-6-18-33(26)40-35)44-39(43-37)32-17-9-15-30(25-32)36-23-21-27-11-5-7-19-34(27)41-36/h1-25H. The largest absolute Gasteiger partial charge is 0.248 e. The summed E-state index contributed by atoms with van der Waals surface area (Å²) in [5, 5.41) is 2.23. The average molecular weight is 564 g/mol. The fourth-order valence-corrected chi connectivity index (χ4v) is 5.44. The van der Waals surface area contributed by atoms with E-state index in [9.17, 15) is 0 Å². The van der Waals surface area contributed by atoms with Crippen molar-refractivity contribution in [2.24, 2.45) is 0 Å². The van der Waals surface area contributed by atoms with E-state index in [0.29, 0.717) is 17.5 Å². The van der Waals surface area contributed by atoms with E-state index >= 15 is 0 Å². The molecule has 3 aromatic heterocycles. The van der Waals surface area contributed by atoms with Crippen molar-refractivity contribution in [2.75, 3.05) is 0 Å². The zero-order chi connectivity index (χ0) is 29.3. The van der Waals surface area contributed by atoms with Crippen LogP contribution >= 0.6 is 0 Å². The second-order valence-electron chi connectivity index (χ2n) is 10.6. The quantitative estimate of drug-likeness (QED) is 0.209. The van der Waals surface area contributed by atoms with Gasteiger partial charge in [0.1, 0.15) is 0 Å². The van der Waals surface area contributed by atoms with Gasteiger partial charge in [-0.15, -0.1) is 0 Å². The van der Waals surface area contributed by atoms with E-state index in [2.05, 4.69) is 60.7 Å². The lowest BCUT2D eigenvalue weighted by Gasteiger charge is -2.10. The maximum atomic E-state index is 5.01. The lowest BCUT2D eigenvalue weighted by Crippen LogP contribution is -2.00. The highest BCUT2D eigenvalue weighted by Gasteiger charge is 2.14. The summed E-state index contributed by atoms with van der Waals surface area (Å²) in [5.41, 5.74) is 8.45. The molecule has 3 heterocycles. The van der Waals surface area contributed by atoms with Crippen molar-refractivity contribution >= 4 is 21.8 Å². The molecule has 0 saturated heterocycles. The number of rotatable bonds is 5. The van der Waals surface area contributed by atoms with Crippen LogP contribution in [0.15, 0.2) is 152 Å². The van der Waals surface area contributed by atoms with Gasteiger partial charge in [-0.3, -0.25) is 0 Å². The first kappa shape index (κ1) is 25.6. The molecule has 0 unspecified atom stereocenters. The van der Waals surface area contributed by atoms with Gasteiger partial charge >= 0.3 is 0 Å². The van der Waals surface area contributed by atoms with E-state index in [1.807, 2.05) is 91.0 Å². The Bertz CT molecular complexity index is 2150. The predicted molar refractivity (Wildman–Crippen MR) is 178 cm³/mol. The topological polar surface area (TPSA) is 64.5 Å². The van der Waals surface area contributed by atoms with Gasteiger partial charge in [-0.2, -0.15) is 0 Å². The molecule has 0 bridgehead atoms. The van der Waals surface area contributed by atoms with E-state index < -0.39 is 0 Å². The second-order valence-corrected chi connectivity index (χ2v) is 10.6. The minimum atomic E-state index is 0.603. The Morgan fingerprint density at radius 1 is 0.273 bits per heavy atom. The van der Waals surface area contributed by atoms with Gasteiger partial charge in [0.25, 0.3) is 0 Å². The van der Waals surface area contributed by atoms with Crippen molar-refractivity contribution in [1.29, 1.82) is 0 Å². The summed E-state index contributed by atoms with van der Waals surface area (Å²) in [4.78, 5) is 24.7. The van der Waals surface area contributed by atoms with Gasteiger partial charge < -0.3 is 0 Å². The Hall–Kier alpha value is -6.07. The lowest BCUT2D eigenvalue weighted by molar-refractivity contribution is 1.07. The minimum Gasteiger partial charge on any atom is -0.248 e. The van der Waals surface area contributed by atoms with Crippen LogP contribution in [-0.4, -0.2) is 24.9 Å². The monoisotopic (exact) mass is 563 g/mol. The molecular weight excluding hydrogens is 538 g/mol. The fraction of sp³-hybridized carbons (Fsp3) is 0. The molecule has 0 aliphatic carbocycles. The molecule has 0 radical (unpaired) electrons. The zero-order valence-corrected chi connectivity index (χ0v) is 23.7. The number of aromatic nitrogens is 5. The van der Waals surface area contributed by atoms with Crippen LogP contribution in [0.25, 0.3) is 78.5 Å². The summed E-state index contributed by atoms with van der Waals surface area (Å²) < 4.78 is 0. The molecule has 0 amide bonds. The molecule has 5 aromatic carbocycles. The van der Waals surface area contributed by atoms with Gasteiger partial charge in [-0.1, -0.05) is 115 Å². The first-order valence-electron chi connectivity index (χ1n) is 14.5. The molecule has 5 nitrogen and oxygen atoms in total. The molecule has 0 aliphatic heterocycles. The van der Waals surface area contributed by atoms with E-state index in [1.54, 1.807) is 0 Å². The smallest absolute Gasteiger partial charge is 0.164 e. The third kappa shape index (κ3) is 4.97. The predicted octanol–water partition coefficient (Wildman–Crippen LogP) is 9.30. The summed E-state index contributed by atoms with van der Waals surface area (Å²) in [7, 11) is 0. The molecule has 0 aliphatic rings. The highest BCUT2D eigenvalue weighted by atomic mass is 15.0. The van der Waals surface area contributed by atoms with Crippen LogP contribution < -0.4 is 0 Å². The summed E-state index contributed by atoms with van der Waals surface area (Å²) in [5.74, 6) is 1.82. The summed E-state index contributed by atoms with van der Waals surface area (Å²) in [6.45, 7) is 0. The Morgan fingerprint density at radius 3 is 1.20 bits per heavy atom. The average Bonchev–Trinajstić information content (AvgIpc) is 3.11. The first-order valence-corrected chi connectivity index (χ1v) is 14.5. The van der Waals surface area contributed by atoms with Crippen molar-refractivity contribution in [3.05, 3.63) is 152 Å². The van der Waals surface area contributed by atoms with Gasteiger partial charge in [0.15, 0.2) is 17.5 Å². The lowest BCUT2D eigenvalue weighted by atomic mass is 10.0. The number of hydrogen-bond acceptors (Lipinski definition) is 5. The number of para-hydroxylation sites is 2.